The first-order valence-corrected chi connectivity index (χ1v) is 18.4. The maximum absolute atomic E-state index is 6.70. The van der Waals surface area contributed by atoms with Crippen molar-refractivity contribution >= 4 is 49.8 Å². The van der Waals surface area contributed by atoms with Gasteiger partial charge in [-0.25, -0.2) is 0 Å². The van der Waals surface area contributed by atoms with Gasteiger partial charge in [-0.2, -0.15) is 0 Å². The minimum Gasteiger partial charge on any atom is -0.455 e. The molecule has 0 spiro atoms. The lowest BCUT2D eigenvalue weighted by Crippen LogP contribution is -2.10. The summed E-state index contributed by atoms with van der Waals surface area (Å²) < 4.78 is 6.70. The van der Waals surface area contributed by atoms with Crippen LogP contribution >= 0.6 is 0 Å². The summed E-state index contributed by atoms with van der Waals surface area (Å²) in [5.74, 6) is 0. The molecule has 1 heterocycles. The van der Waals surface area contributed by atoms with Crippen LogP contribution < -0.4 is 4.90 Å². The van der Waals surface area contributed by atoms with Gasteiger partial charge in [0.2, 0.25) is 0 Å². The predicted molar refractivity (Wildman–Crippen MR) is 228 cm³/mol. The summed E-state index contributed by atoms with van der Waals surface area (Å²) in [6.07, 6.45) is 0. The van der Waals surface area contributed by atoms with Crippen LogP contribution in [0.15, 0.2) is 217 Å². The van der Waals surface area contributed by atoms with Crippen molar-refractivity contribution in [2.24, 2.45) is 0 Å². The summed E-state index contributed by atoms with van der Waals surface area (Å²) in [5, 5.41) is 4.57. The second-order valence-electron chi connectivity index (χ2n) is 13.7. The lowest BCUT2D eigenvalue weighted by Gasteiger charge is -2.27. The number of fused-ring (bicyclic) bond motifs is 5. The highest BCUT2D eigenvalue weighted by molar-refractivity contribution is 6.23. The first-order chi connectivity index (χ1) is 26.8. The third-order valence-corrected chi connectivity index (χ3v) is 10.4. The Balaban J connectivity index is 1.18. The van der Waals surface area contributed by atoms with E-state index in [2.05, 4.69) is 211 Å². The molecule has 0 atom stereocenters. The molecule has 0 bridgehead atoms. The number of anilines is 3. The molecule has 9 aromatic carbocycles. The van der Waals surface area contributed by atoms with Crippen molar-refractivity contribution in [3.05, 3.63) is 212 Å². The maximum atomic E-state index is 6.70. The molecular formula is C52H35NO. The van der Waals surface area contributed by atoms with Gasteiger partial charge in [0.15, 0.2) is 0 Å². The SMILES string of the molecule is c1ccc(-c2ccc(N(c3cccc(-c4ccccc4)c3)c3ccc4c(c3)cc(-c3cccc(-c5ccccc5)c3)c3oc5ccccc5c34)cc2)cc1. The number of furan rings is 1. The Kier molecular flexibility index (Phi) is 7.85. The standard InChI is InChI=1S/C52H35NO/c1-4-14-36(15-5-1)39-26-28-44(29-27-39)53(45-23-13-21-41(33-45)38-18-8-3-9-19-38)46-30-31-47-43(34-46)35-49(52-51(47)48-24-10-11-25-50(48)54-52)42-22-12-20-40(32-42)37-16-6-2-7-17-37/h1-35H. The van der Waals surface area contributed by atoms with E-state index < -0.39 is 0 Å². The second kappa shape index (κ2) is 13.4. The summed E-state index contributed by atoms with van der Waals surface area (Å²) in [7, 11) is 0. The van der Waals surface area contributed by atoms with Gasteiger partial charge in [0.05, 0.1) is 0 Å². The molecular weight excluding hydrogens is 655 g/mol. The Morgan fingerprint density at radius 2 is 0.833 bits per heavy atom. The molecule has 254 valence electrons. The average molecular weight is 690 g/mol. The first-order valence-electron chi connectivity index (χ1n) is 18.4. The normalized spacial score (nSPS) is 11.3. The van der Waals surface area contributed by atoms with Crippen molar-refractivity contribution in [1.29, 1.82) is 0 Å². The fraction of sp³-hybridized carbons (Fsp3) is 0. The molecule has 2 nitrogen and oxygen atoms in total. The van der Waals surface area contributed by atoms with Crippen LogP contribution in [0.3, 0.4) is 0 Å². The zero-order chi connectivity index (χ0) is 35.8. The van der Waals surface area contributed by atoms with E-state index >= 15 is 0 Å². The molecule has 0 saturated carbocycles. The molecule has 1 aromatic heterocycles. The number of benzene rings is 9. The Morgan fingerprint density at radius 3 is 1.54 bits per heavy atom. The first kappa shape index (κ1) is 31.6. The largest absolute Gasteiger partial charge is 0.455 e. The van der Waals surface area contributed by atoms with E-state index in [9.17, 15) is 0 Å². The minimum atomic E-state index is 0.891. The molecule has 0 aliphatic rings. The Morgan fingerprint density at radius 1 is 0.315 bits per heavy atom. The lowest BCUT2D eigenvalue weighted by molar-refractivity contribution is 0.670. The summed E-state index contributed by atoms with van der Waals surface area (Å²) in [5.41, 5.74) is 14.4. The lowest BCUT2D eigenvalue weighted by atomic mass is 9.94. The number of para-hydroxylation sites is 1. The number of rotatable bonds is 7. The van der Waals surface area contributed by atoms with E-state index in [0.29, 0.717) is 0 Å². The minimum absolute atomic E-state index is 0.891. The van der Waals surface area contributed by atoms with Crippen LogP contribution in [0, 0.1) is 0 Å². The van der Waals surface area contributed by atoms with Gasteiger partial charge in [-0.3, -0.25) is 0 Å². The highest BCUT2D eigenvalue weighted by Crippen LogP contribution is 2.44. The predicted octanol–water partition coefficient (Wildman–Crippen LogP) is 14.9. The van der Waals surface area contributed by atoms with Crippen molar-refractivity contribution in [2.45, 2.75) is 0 Å². The van der Waals surface area contributed by atoms with Gasteiger partial charge in [-0.1, -0.05) is 158 Å². The van der Waals surface area contributed by atoms with Crippen molar-refractivity contribution in [2.75, 3.05) is 4.90 Å². The maximum Gasteiger partial charge on any atom is 0.143 e. The quantitative estimate of drug-likeness (QED) is 0.166. The Bertz CT molecular complexity index is 2910. The van der Waals surface area contributed by atoms with Crippen LogP contribution in [-0.2, 0) is 0 Å². The molecule has 54 heavy (non-hydrogen) atoms. The third kappa shape index (κ3) is 5.71. The van der Waals surface area contributed by atoms with Crippen LogP contribution in [0.25, 0.3) is 77.2 Å². The summed E-state index contributed by atoms with van der Waals surface area (Å²) in [4.78, 5) is 2.37. The molecule has 0 N–H and O–H groups in total. The van der Waals surface area contributed by atoms with Gasteiger partial charge < -0.3 is 9.32 Å². The van der Waals surface area contributed by atoms with Gasteiger partial charge in [-0.05, 0) is 104 Å². The van der Waals surface area contributed by atoms with E-state index in [1.54, 1.807) is 0 Å². The zero-order valence-corrected chi connectivity index (χ0v) is 29.6. The Labute approximate surface area is 314 Å². The highest BCUT2D eigenvalue weighted by atomic mass is 16.3. The monoisotopic (exact) mass is 689 g/mol. The fourth-order valence-electron chi connectivity index (χ4n) is 7.81. The number of nitrogens with zero attached hydrogens (tertiary/aromatic N) is 1. The van der Waals surface area contributed by atoms with E-state index in [1.165, 1.54) is 38.8 Å². The molecule has 10 aromatic rings. The van der Waals surface area contributed by atoms with E-state index in [4.69, 9.17) is 4.42 Å². The van der Waals surface area contributed by atoms with Gasteiger partial charge >= 0.3 is 0 Å². The van der Waals surface area contributed by atoms with Crippen molar-refractivity contribution in [1.82, 2.24) is 0 Å². The van der Waals surface area contributed by atoms with Crippen molar-refractivity contribution in [3.8, 4) is 44.5 Å². The molecule has 0 unspecified atom stereocenters. The van der Waals surface area contributed by atoms with E-state index in [0.717, 1.165) is 55.5 Å². The molecule has 0 aliphatic heterocycles. The molecule has 0 amide bonds. The van der Waals surface area contributed by atoms with Crippen LogP contribution in [0.4, 0.5) is 17.1 Å². The Hall–Kier alpha value is -7.16. The van der Waals surface area contributed by atoms with Crippen molar-refractivity contribution < 1.29 is 4.42 Å². The number of hydrogen-bond donors (Lipinski definition) is 0. The highest BCUT2D eigenvalue weighted by Gasteiger charge is 2.20. The summed E-state index contributed by atoms with van der Waals surface area (Å²) >= 11 is 0. The summed E-state index contributed by atoms with van der Waals surface area (Å²) in [6, 6.07) is 75.8. The van der Waals surface area contributed by atoms with Crippen LogP contribution in [-0.4, -0.2) is 0 Å². The third-order valence-electron chi connectivity index (χ3n) is 10.4. The van der Waals surface area contributed by atoms with Gasteiger partial charge in [0.1, 0.15) is 11.2 Å². The molecule has 0 saturated heterocycles. The molecule has 10 rings (SSSR count). The molecule has 0 radical (unpaired) electrons. The molecule has 2 heteroatoms. The number of hydrogen-bond acceptors (Lipinski definition) is 2. The van der Waals surface area contributed by atoms with E-state index in [1.807, 2.05) is 6.07 Å². The topological polar surface area (TPSA) is 16.4 Å². The van der Waals surface area contributed by atoms with Crippen LogP contribution in [0.5, 0.6) is 0 Å². The molecule has 0 fully saturated rings. The van der Waals surface area contributed by atoms with Gasteiger partial charge in [0, 0.05) is 33.4 Å². The smallest absolute Gasteiger partial charge is 0.143 e. The zero-order valence-electron chi connectivity index (χ0n) is 29.6. The fourth-order valence-corrected chi connectivity index (χ4v) is 7.81. The second-order valence-corrected chi connectivity index (χ2v) is 13.7. The van der Waals surface area contributed by atoms with Gasteiger partial charge in [-0.15, -0.1) is 0 Å². The molecule has 0 aliphatic carbocycles. The average Bonchev–Trinajstić information content (AvgIpc) is 3.65. The van der Waals surface area contributed by atoms with Gasteiger partial charge in [0.25, 0.3) is 0 Å². The van der Waals surface area contributed by atoms with Crippen molar-refractivity contribution in [3.63, 3.8) is 0 Å². The van der Waals surface area contributed by atoms with Crippen LogP contribution in [0.1, 0.15) is 0 Å². The van der Waals surface area contributed by atoms with Crippen LogP contribution in [0.2, 0.25) is 0 Å². The summed E-state index contributed by atoms with van der Waals surface area (Å²) in [6.45, 7) is 0. The van der Waals surface area contributed by atoms with E-state index in [-0.39, 0.29) is 0 Å².